The van der Waals surface area contributed by atoms with E-state index >= 15 is 0 Å². The third-order valence-electron chi connectivity index (χ3n) is 3.39. The van der Waals surface area contributed by atoms with E-state index in [2.05, 4.69) is 16.6 Å². The molecule has 0 bridgehead atoms. The van der Waals surface area contributed by atoms with Gasteiger partial charge in [0.1, 0.15) is 0 Å². The Bertz CT molecular complexity index is 349. The Labute approximate surface area is 114 Å². The monoisotopic (exact) mass is 266 g/mol. The smallest absolute Gasteiger partial charge is 0.315 e. The van der Waals surface area contributed by atoms with E-state index in [9.17, 15) is 9.59 Å². The standard InChI is InChI=1S/C14H22N2O3/c1-2-3-4-5-9-15-14(19)16-12-8-6-7-11(10-12)13(17)18/h1,11-12H,3-10H2,(H,17,18)(H2,15,16,19). The van der Waals surface area contributed by atoms with Crippen molar-refractivity contribution >= 4 is 12.0 Å². The van der Waals surface area contributed by atoms with Gasteiger partial charge in [-0.3, -0.25) is 4.79 Å². The van der Waals surface area contributed by atoms with Crippen LogP contribution in [0.3, 0.4) is 0 Å². The topological polar surface area (TPSA) is 78.4 Å². The lowest BCUT2D eigenvalue weighted by Gasteiger charge is -2.27. The van der Waals surface area contributed by atoms with Crippen LogP contribution in [-0.4, -0.2) is 29.7 Å². The van der Waals surface area contributed by atoms with E-state index in [0.29, 0.717) is 19.4 Å². The van der Waals surface area contributed by atoms with Crippen LogP contribution in [0.15, 0.2) is 0 Å². The maximum absolute atomic E-state index is 11.6. The minimum atomic E-state index is -0.763. The number of aliphatic carboxylic acids is 1. The Morgan fingerprint density at radius 2 is 2.11 bits per heavy atom. The number of carbonyl (C=O) groups excluding carboxylic acids is 1. The molecule has 0 aliphatic heterocycles. The maximum atomic E-state index is 11.6. The highest BCUT2D eigenvalue weighted by Crippen LogP contribution is 2.24. The van der Waals surface area contributed by atoms with E-state index in [-0.39, 0.29) is 18.0 Å². The second kappa shape index (κ2) is 8.41. The number of terminal acetylenes is 1. The lowest BCUT2D eigenvalue weighted by Crippen LogP contribution is -2.45. The molecule has 0 aromatic carbocycles. The number of rotatable bonds is 6. The first kappa shape index (κ1) is 15.4. The number of unbranched alkanes of at least 4 members (excludes halogenated alkanes) is 2. The summed E-state index contributed by atoms with van der Waals surface area (Å²) in [6.45, 7) is 0.600. The minimum absolute atomic E-state index is 0.0273. The first-order chi connectivity index (χ1) is 9.13. The normalized spacial score (nSPS) is 22.3. The van der Waals surface area contributed by atoms with Crippen LogP contribution in [0.1, 0.15) is 44.9 Å². The van der Waals surface area contributed by atoms with Gasteiger partial charge in [0.15, 0.2) is 0 Å². The Balaban J connectivity index is 2.17. The molecule has 1 aliphatic rings. The summed E-state index contributed by atoms with van der Waals surface area (Å²) >= 11 is 0. The zero-order valence-corrected chi connectivity index (χ0v) is 11.2. The average molecular weight is 266 g/mol. The SMILES string of the molecule is C#CCCCCNC(=O)NC1CCCC(C(=O)O)C1. The van der Waals surface area contributed by atoms with Crippen LogP contribution < -0.4 is 10.6 Å². The molecule has 1 rings (SSSR count). The number of hydrogen-bond acceptors (Lipinski definition) is 2. The molecule has 0 saturated heterocycles. The van der Waals surface area contributed by atoms with Gasteiger partial charge in [-0.25, -0.2) is 4.79 Å². The van der Waals surface area contributed by atoms with Crippen molar-refractivity contribution in [2.45, 2.75) is 51.0 Å². The van der Waals surface area contributed by atoms with E-state index in [1.807, 2.05) is 0 Å². The average Bonchev–Trinajstić information content (AvgIpc) is 2.38. The van der Waals surface area contributed by atoms with Crippen LogP contribution in [0, 0.1) is 18.3 Å². The van der Waals surface area contributed by atoms with Gasteiger partial charge in [0.05, 0.1) is 5.92 Å². The summed E-state index contributed by atoms with van der Waals surface area (Å²) in [4.78, 5) is 22.5. The summed E-state index contributed by atoms with van der Waals surface area (Å²) in [5.41, 5.74) is 0. The van der Waals surface area contributed by atoms with E-state index in [0.717, 1.165) is 32.1 Å². The van der Waals surface area contributed by atoms with Gasteiger partial charge in [-0.15, -0.1) is 12.3 Å². The third kappa shape index (κ3) is 6.14. The first-order valence-electron chi connectivity index (χ1n) is 6.84. The van der Waals surface area contributed by atoms with Crippen molar-refractivity contribution in [1.82, 2.24) is 10.6 Å². The number of hydrogen-bond donors (Lipinski definition) is 3. The lowest BCUT2D eigenvalue weighted by molar-refractivity contribution is -0.143. The van der Waals surface area contributed by atoms with Gasteiger partial charge >= 0.3 is 12.0 Å². The number of carbonyl (C=O) groups is 2. The van der Waals surface area contributed by atoms with Gasteiger partial charge in [0, 0.05) is 19.0 Å². The number of amides is 2. The highest BCUT2D eigenvalue weighted by atomic mass is 16.4. The molecule has 5 heteroatoms. The summed E-state index contributed by atoms with van der Waals surface area (Å²) < 4.78 is 0. The van der Waals surface area contributed by atoms with Crippen LogP contribution in [0.2, 0.25) is 0 Å². The van der Waals surface area contributed by atoms with Crippen LogP contribution in [0.4, 0.5) is 4.79 Å². The van der Waals surface area contributed by atoms with Gasteiger partial charge in [0.25, 0.3) is 0 Å². The summed E-state index contributed by atoms with van der Waals surface area (Å²) in [6, 6.07) is -0.239. The van der Waals surface area contributed by atoms with Crippen LogP contribution in [0.25, 0.3) is 0 Å². The van der Waals surface area contributed by atoms with Crippen LogP contribution >= 0.6 is 0 Å². The molecular formula is C14H22N2O3. The molecule has 1 saturated carbocycles. The molecule has 0 heterocycles. The van der Waals surface area contributed by atoms with Crippen molar-refractivity contribution in [2.75, 3.05) is 6.54 Å². The fourth-order valence-corrected chi connectivity index (χ4v) is 2.34. The van der Waals surface area contributed by atoms with Gasteiger partial charge in [0.2, 0.25) is 0 Å². The van der Waals surface area contributed by atoms with E-state index in [1.165, 1.54) is 0 Å². The van der Waals surface area contributed by atoms with E-state index in [1.54, 1.807) is 0 Å². The first-order valence-corrected chi connectivity index (χ1v) is 6.84. The lowest BCUT2D eigenvalue weighted by atomic mass is 9.86. The van der Waals surface area contributed by atoms with Gasteiger partial charge in [-0.05, 0) is 32.1 Å². The minimum Gasteiger partial charge on any atom is -0.481 e. The second-order valence-corrected chi connectivity index (χ2v) is 4.96. The van der Waals surface area contributed by atoms with Crippen molar-refractivity contribution in [3.63, 3.8) is 0 Å². The molecule has 0 radical (unpaired) electrons. The van der Waals surface area contributed by atoms with Gasteiger partial charge in [-0.2, -0.15) is 0 Å². The Hall–Kier alpha value is -1.70. The zero-order valence-electron chi connectivity index (χ0n) is 11.2. The molecule has 1 fully saturated rings. The quantitative estimate of drug-likeness (QED) is 0.506. The van der Waals surface area contributed by atoms with Crippen molar-refractivity contribution in [1.29, 1.82) is 0 Å². The van der Waals surface area contributed by atoms with E-state index < -0.39 is 5.97 Å². The van der Waals surface area contributed by atoms with Crippen molar-refractivity contribution in [2.24, 2.45) is 5.92 Å². The number of urea groups is 1. The van der Waals surface area contributed by atoms with Crippen molar-refractivity contribution < 1.29 is 14.7 Å². The molecule has 1 aliphatic carbocycles. The second-order valence-electron chi connectivity index (χ2n) is 4.96. The molecule has 2 unspecified atom stereocenters. The molecule has 2 atom stereocenters. The molecule has 2 amide bonds. The number of nitrogens with one attached hydrogen (secondary N) is 2. The van der Waals surface area contributed by atoms with E-state index in [4.69, 9.17) is 11.5 Å². The van der Waals surface area contributed by atoms with Crippen LogP contribution in [-0.2, 0) is 4.79 Å². The summed E-state index contributed by atoms with van der Waals surface area (Å²) in [5, 5.41) is 14.6. The largest absolute Gasteiger partial charge is 0.481 e. The summed E-state index contributed by atoms with van der Waals surface area (Å²) in [6.07, 6.45) is 10.6. The van der Waals surface area contributed by atoms with Gasteiger partial charge in [-0.1, -0.05) is 6.42 Å². The summed E-state index contributed by atoms with van der Waals surface area (Å²) in [7, 11) is 0. The molecule has 106 valence electrons. The van der Waals surface area contributed by atoms with Crippen molar-refractivity contribution in [3.05, 3.63) is 0 Å². The Morgan fingerprint density at radius 1 is 1.32 bits per heavy atom. The molecule has 3 N–H and O–H groups in total. The number of carboxylic acid groups (broad SMARTS) is 1. The molecule has 5 nitrogen and oxygen atoms in total. The van der Waals surface area contributed by atoms with Crippen LogP contribution in [0.5, 0.6) is 0 Å². The Kier molecular flexibility index (Phi) is 6.80. The van der Waals surface area contributed by atoms with Crippen molar-refractivity contribution in [3.8, 4) is 12.3 Å². The predicted molar refractivity (Wildman–Crippen MR) is 72.6 cm³/mol. The third-order valence-corrected chi connectivity index (χ3v) is 3.39. The highest BCUT2D eigenvalue weighted by Gasteiger charge is 2.27. The highest BCUT2D eigenvalue weighted by molar-refractivity contribution is 5.74. The molecule has 19 heavy (non-hydrogen) atoms. The maximum Gasteiger partial charge on any atom is 0.315 e. The molecule has 0 aromatic rings. The zero-order chi connectivity index (χ0) is 14.1. The predicted octanol–water partition coefficient (Wildman–Crippen LogP) is 1.73. The molecular weight excluding hydrogens is 244 g/mol. The summed E-state index contributed by atoms with van der Waals surface area (Å²) in [5.74, 6) is 1.47. The fourth-order valence-electron chi connectivity index (χ4n) is 2.34. The molecule has 0 spiro atoms. The number of carboxylic acids is 1. The molecule has 0 aromatic heterocycles. The Morgan fingerprint density at radius 3 is 2.79 bits per heavy atom. The van der Waals surface area contributed by atoms with Gasteiger partial charge < -0.3 is 15.7 Å². The fraction of sp³-hybridized carbons (Fsp3) is 0.714.